The molecule has 1 aromatic rings. The van der Waals surface area contributed by atoms with Crippen molar-refractivity contribution >= 4 is 5.91 Å². The molecule has 7 heteroatoms. The number of piperidine rings is 1. The minimum atomic E-state index is -2.86. The van der Waals surface area contributed by atoms with Crippen LogP contribution >= 0.6 is 0 Å². The summed E-state index contributed by atoms with van der Waals surface area (Å²) in [5, 5.41) is 10.3. The third-order valence-corrected chi connectivity index (χ3v) is 4.01. The Labute approximate surface area is 134 Å². The number of hydrogen-bond acceptors (Lipinski definition) is 4. The van der Waals surface area contributed by atoms with E-state index in [0.29, 0.717) is 18.5 Å². The first-order chi connectivity index (χ1) is 10.9. The SMILES string of the molecule is NC(=O)CC1CCCN(CC(O)c2ccc(OC(F)F)cc2)C1. The number of nitrogens with zero attached hydrogens (tertiary/aromatic N) is 1. The summed E-state index contributed by atoms with van der Waals surface area (Å²) in [5.41, 5.74) is 5.88. The lowest BCUT2D eigenvalue weighted by atomic mass is 9.94. The summed E-state index contributed by atoms with van der Waals surface area (Å²) < 4.78 is 28.5. The van der Waals surface area contributed by atoms with Gasteiger partial charge in [-0.15, -0.1) is 0 Å². The molecule has 128 valence electrons. The van der Waals surface area contributed by atoms with Gasteiger partial charge in [0.15, 0.2) is 0 Å². The van der Waals surface area contributed by atoms with E-state index in [4.69, 9.17) is 5.73 Å². The van der Waals surface area contributed by atoms with Gasteiger partial charge in [0.25, 0.3) is 0 Å². The van der Waals surface area contributed by atoms with E-state index in [1.807, 2.05) is 0 Å². The average Bonchev–Trinajstić information content (AvgIpc) is 2.47. The van der Waals surface area contributed by atoms with Crippen molar-refractivity contribution in [3.63, 3.8) is 0 Å². The van der Waals surface area contributed by atoms with E-state index in [9.17, 15) is 18.7 Å². The van der Waals surface area contributed by atoms with Crippen molar-refractivity contribution < 1.29 is 23.4 Å². The molecule has 0 spiro atoms. The molecule has 0 aliphatic carbocycles. The Hall–Kier alpha value is -1.73. The molecule has 3 N–H and O–H groups in total. The van der Waals surface area contributed by atoms with Crippen LogP contribution in [0.5, 0.6) is 5.75 Å². The molecule has 0 saturated carbocycles. The number of carbonyl (C=O) groups is 1. The van der Waals surface area contributed by atoms with Gasteiger partial charge in [-0.2, -0.15) is 8.78 Å². The number of rotatable bonds is 7. The minimum Gasteiger partial charge on any atom is -0.435 e. The summed E-state index contributed by atoms with van der Waals surface area (Å²) in [6.07, 6.45) is 1.58. The van der Waals surface area contributed by atoms with Gasteiger partial charge < -0.3 is 20.5 Å². The highest BCUT2D eigenvalue weighted by atomic mass is 19.3. The largest absolute Gasteiger partial charge is 0.435 e. The van der Waals surface area contributed by atoms with E-state index in [2.05, 4.69) is 9.64 Å². The summed E-state index contributed by atoms with van der Waals surface area (Å²) >= 11 is 0. The second-order valence-electron chi connectivity index (χ2n) is 5.90. The van der Waals surface area contributed by atoms with Crippen molar-refractivity contribution in [1.82, 2.24) is 4.90 Å². The maximum Gasteiger partial charge on any atom is 0.387 e. The molecular formula is C16H22F2N2O3. The van der Waals surface area contributed by atoms with Gasteiger partial charge in [-0.1, -0.05) is 12.1 Å². The fraction of sp³-hybridized carbons (Fsp3) is 0.562. The molecule has 1 aliphatic heterocycles. The quantitative estimate of drug-likeness (QED) is 0.802. The number of β-amino-alcohol motifs (C(OH)–C–C–N with tert-alkyl or cyclic N) is 1. The molecule has 1 amide bonds. The zero-order valence-corrected chi connectivity index (χ0v) is 12.8. The molecule has 0 radical (unpaired) electrons. The molecule has 2 atom stereocenters. The fourth-order valence-corrected chi connectivity index (χ4v) is 2.99. The lowest BCUT2D eigenvalue weighted by Gasteiger charge is -2.33. The van der Waals surface area contributed by atoms with Gasteiger partial charge in [0.1, 0.15) is 5.75 Å². The number of likely N-dealkylation sites (tertiary alicyclic amines) is 1. The Morgan fingerprint density at radius 2 is 2.09 bits per heavy atom. The third kappa shape index (κ3) is 5.76. The van der Waals surface area contributed by atoms with Gasteiger partial charge in [0.05, 0.1) is 6.10 Å². The van der Waals surface area contributed by atoms with Gasteiger partial charge in [-0.25, -0.2) is 0 Å². The number of nitrogens with two attached hydrogens (primary N) is 1. The van der Waals surface area contributed by atoms with Crippen LogP contribution in [0.15, 0.2) is 24.3 Å². The molecule has 2 unspecified atom stereocenters. The predicted molar refractivity (Wildman–Crippen MR) is 81.0 cm³/mol. The number of primary amides is 1. The number of ether oxygens (including phenoxy) is 1. The molecule has 0 bridgehead atoms. The van der Waals surface area contributed by atoms with Gasteiger partial charge in [-0.3, -0.25) is 4.79 Å². The maximum absolute atomic E-state index is 12.1. The zero-order valence-electron chi connectivity index (χ0n) is 12.8. The van der Waals surface area contributed by atoms with Crippen LogP contribution in [0.3, 0.4) is 0 Å². The van der Waals surface area contributed by atoms with Crippen LogP contribution in [0, 0.1) is 5.92 Å². The number of aliphatic hydroxyl groups is 1. The molecule has 23 heavy (non-hydrogen) atoms. The van der Waals surface area contributed by atoms with Crippen LogP contribution in [0.2, 0.25) is 0 Å². The lowest BCUT2D eigenvalue weighted by Crippen LogP contribution is -2.39. The Kier molecular flexibility index (Phi) is 6.29. The van der Waals surface area contributed by atoms with Gasteiger partial charge in [0.2, 0.25) is 5.91 Å². The van der Waals surface area contributed by atoms with E-state index in [0.717, 1.165) is 25.9 Å². The monoisotopic (exact) mass is 328 g/mol. The first-order valence-electron chi connectivity index (χ1n) is 7.67. The molecule has 1 heterocycles. The number of alkyl halides is 2. The van der Waals surface area contributed by atoms with E-state index >= 15 is 0 Å². The number of carbonyl (C=O) groups excluding carboxylic acids is 1. The van der Waals surface area contributed by atoms with E-state index in [1.165, 1.54) is 12.1 Å². The fourth-order valence-electron chi connectivity index (χ4n) is 2.99. The van der Waals surface area contributed by atoms with Gasteiger partial charge >= 0.3 is 6.61 Å². The van der Waals surface area contributed by atoms with Crippen molar-refractivity contribution in [1.29, 1.82) is 0 Å². The first-order valence-corrected chi connectivity index (χ1v) is 7.67. The highest BCUT2D eigenvalue weighted by Gasteiger charge is 2.23. The van der Waals surface area contributed by atoms with Gasteiger partial charge in [0, 0.05) is 19.5 Å². The molecule has 5 nitrogen and oxygen atoms in total. The molecule has 1 aliphatic rings. The van der Waals surface area contributed by atoms with E-state index in [-0.39, 0.29) is 17.6 Å². The van der Waals surface area contributed by atoms with Crippen LogP contribution in [-0.4, -0.2) is 42.2 Å². The van der Waals surface area contributed by atoms with Crippen LogP contribution < -0.4 is 10.5 Å². The smallest absolute Gasteiger partial charge is 0.387 e. The highest BCUT2D eigenvalue weighted by Crippen LogP contribution is 2.24. The number of halogens is 2. The summed E-state index contributed by atoms with van der Waals surface area (Å²) in [7, 11) is 0. The Morgan fingerprint density at radius 1 is 1.39 bits per heavy atom. The van der Waals surface area contributed by atoms with Crippen molar-refractivity contribution in [2.24, 2.45) is 11.7 Å². The molecule has 1 saturated heterocycles. The summed E-state index contributed by atoms with van der Waals surface area (Å²) in [4.78, 5) is 13.1. The van der Waals surface area contributed by atoms with Crippen LogP contribution in [0.1, 0.15) is 30.9 Å². The summed E-state index contributed by atoms with van der Waals surface area (Å²) in [6, 6.07) is 5.98. The van der Waals surface area contributed by atoms with Crippen LogP contribution in [0.4, 0.5) is 8.78 Å². The van der Waals surface area contributed by atoms with Gasteiger partial charge in [-0.05, 0) is 43.0 Å². The van der Waals surface area contributed by atoms with Crippen molar-refractivity contribution in [3.8, 4) is 5.75 Å². The molecule has 1 fully saturated rings. The van der Waals surface area contributed by atoms with E-state index < -0.39 is 12.7 Å². The van der Waals surface area contributed by atoms with Crippen molar-refractivity contribution in [2.45, 2.75) is 32.0 Å². The minimum absolute atomic E-state index is 0.0652. The Balaban J connectivity index is 1.88. The number of amides is 1. The standard InChI is InChI=1S/C16H22F2N2O3/c17-16(18)23-13-5-3-12(4-6-13)14(21)10-20-7-1-2-11(9-20)8-15(19)22/h3-6,11,14,16,21H,1-2,7-10H2,(H2,19,22). The second-order valence-corrected chi connectivity index (χ2v) is 5.90. The number of aliphatic hydroxyl groups excluding tert-OH is 1. The maximum atomic E-state index is 12.1. The Bertz CT molecular complexity index is 511. The number of benzene rings is 1. The normalized spacial score (nSPS) is 20.4. The zero-order chi connectivity index (χ0) is 16.8. The van der Waals surface area contributed by atoms with E-state index in [1.54, 1.807) is 12.1 Å². The molecule has 1 aromatic carbocycles. The molecule has 2 rings (SSSR count). The molecular weight excluding hydrogens is 306 g/mol. The highest BCUT2D eigenvalue weighted by molar-refractivity contribution is 5.74. The number of hydrogen-bond donors (Lipinski definition) is 2. The third-order valence-electron chi connectivity index (χ3n) is 4.01. The summed E-state index contributed by atoms with van der Waals surface area (Å²) in [5.74, 6) is -0.00210. The average molecular weight is 328 g/mol. The molecule has 0 aromatic heterocycles. The second kappa shape index (κ2) is 8.21. The summed E-state index contributed by atoms with van der Waals surface area (Å²) in [6.45, 7) is -0.836. The van der Waals surface area contributed by atoms with Crippen LogP contribution in [0.25, 0.3) is 0 Å². The predicted octanol–water partition coefficient (Wildman–Crippen LogP) is 1.91. The van der Waals surface area contributed by atoms with Crippen molar-refractivity contribution in [3.05, 3.63) is 29.8 Å². The van der Waals surface area contributed by atoms with Crippen molar-refractivity contribution in [2.75, 3.05) is 19.6 Å². The Morgan fingerprint density at radius 3 is 2.70 bits per heavy atom. The van der Waals surface area contributed by atoms with Crippen LogP contribution in [-0.2, 0) is 4.79 Å². The first kappa shape index (κ1) is 17.6. The topological polar surface area (TPSA) is 75.8 Å². The lowest BCUT2D eigenvalue weighted by molar-refractivity contribution is -0.119.